The summed E-state index contributed by atoms with van der Waals surface area (Å²) >= 11 is 0. The molecule has 106 heavy (non-hydrogen) atoms. The number of unbranched alkanes of at least 4 members (excludes halogenated alkanes) is 50. The van der Waals surface area contributed by atoms with E-state index in [0.717, 1.165) is 114 Å². The van der Waals surface area contributed by atoms with E-state index >= 15 is 0 Å². The van der Waals surface area contributed by atoms with Gasteiger partial charge in [-0.25, -0.2) is 9.13 Å². The molecule has 0 aromatic carbocycles. The van der Waals surface area contributed by atoms with E-state index in [2.05, 4.69) is 55.4 Å². The lowest BCUT2D eigenvalue weighted by atomic mass is 10.0. The first-order valence-corrected chi connectivity index (χ1v) is 47.7. The van der Waals surface area contributed by atoms with E-state index in [4.69, 9.17) is 37.0 Å². The summed E-state index contributed by atoms with van der Waals surface area (Å²) < 4.78 is 68.9. The molecule has 0 aliphatic heterocycles. The van der Waals surface area contributed by atoms with E-state index in [1.165, 1.54) is 250 Å². The highest BCUT2D eigenvalue weighted by Gasteiger charge is 2.31. The molecular weight excluding hydrogens is 1380 g/mol. The number of phosphoric ester groups is 2. The Morgan fingerprint density at radius 2 is 0.396 bits per heavy atom. The maximum absolute atomic E-state index is 13.1. The SMILES string of the molecule is CC(C)CCCCCCCCCCCCCCCCCCCCC(=O)O[C@H](COC(=O)CCCCCCCCC(C)C)COP(=O)(O)OCC(O)COP(=O)(O)OC[C@@H](COC(=O)CCCCCCCCCCCCCCCCCC(C)C)OC(=O)CCCCCCCCCCCCCCCCCC(C)C. The fraction of sp³-hybridized carbons (Fsp3) is 0.954. The zero-order valence-corrected chi connectivity index (χ0v) is 71.9. The van der Waals surface area contributed by atoms with Crippen molar-refractivity contribution in [2.24, 2.45) is 23.7 Å². The summed E-state index contributed by atoms with van der Waals surface area (Å²) in [7, 11) is -9.93. The van der Waals surface area contributed by atoms with Crippen molar-refractivity contribution < 1.29 is 80.2 Å². The van der Waals surface area contributed by atoms with Gasteiger partial charge in [-0.05, 0) is 49.4 Å². The van der Waals surface area contributed by atoms with Crippen LogP contribution in [0.4, 0.5) is 0 Å². The highest BCUT2D eigenvalue weighted by Crippen LogP contribution is 2.45. The Labute approximate surface area is 651 Å². The summed E-state index contributed by atoms with van der Waals surface area (Å²) in [5, 5.41) is 10.7. The van der Waals surface area contributed by atoms with Crippen molar-refractivity contribution >= 4 is 39.5 Å². The molecule has 0 radical (unpaired) electrons. The minimum atomic E-state index is -4.97. The maximum atomic E-state index is 13.1. The third kappa shape index (κ3) is 80.1. The van der Waals surface area contributed by atoms with Gasteiger partial charge in [-0.3, -0.25) is 37.3 Å². The number of aliphatic hydroxyl groups excluding tert-OH is 1. The van der Waals surface area contributed by atoms with Crippen molar-refractivity contribution in [3.05, 3.63) is 0 Å². The minimum absolute atomic E-state index is 0.107. The van der Waals surface area contributed by atoms with Crippen LogP contribution in [-0.2, 0) is 65.4 Å². The van der Waals surface area contributed by atoms with E-state index in [1.807, 2.05) is 0 Å². The summed E-state index contributed by atoms with van der Waals surface area (Å²) in [5.74, 6) is 1.00. The van der Waals surface area contributed by atoms with Crippen LogP contribution in [0.25, 0.3) is 0 Å². The predicted octanol–water partition coefficient (Wildman–Crippen LogP) is 26.3. The maximum Gasteiger partial charge on any atom is 0.472 e. The van der Waals surface area contributed by atoms with Crippen molar-refractivity contribution in [1.29, 1.82) is 0 Å². The van der Waals surface area contributed by atoms with Gasteiger partial charge in [0.25, 0.3) is 0 Å². The van der Waals surface area contributed by atoms with Crippen molar-refractivity contribution in [2.75, 3.05) is 39.6 Å². The van der Waals surface area contributed by atoms with Crippen LogP contribution in [0.2, 0.25) is 0 Å². The Bertz CT molecular complexity index is 2060. The molecule has 0 fully saturated rings. The molecular formula is C87H170O17P2. The minimum Gasteiger partial charge on any atom is -0.462 e. The van der Waals surface area contributed by atoms with Crippen LogP contribution < -0.4 is 0 Å². The molecule has 19 heteroatoms. The lowest BCUT2D eigenvalue weighted by Gasteiger charge is -2.21. The van der Waals surface area contributed by atoms with Crippen LogP contribution in [0.1, 0.15) is 453 Å². The number of hydrogen-bond acceptors (Lipinski definition) is 15. The van der Waals surface area contributed by atoms with Gasteiger partial charge in [0.05, 0.1) is 26.4 Å². The zero-order chi connectivity index (χ0) is 78.1. The van der Waals surface area contributed by atoms with Gasteiger partial charge in [0.2, 0.25) is 0 Å². The molecule has 0 aliphatic carbocycles. The molecule has 0 spiro atoms. The number of carbonyl (C=O) groups excluding carboxylic acids is 4. The number of carbonyl (C=O) groups is 4. The number of aliphatic hydroxyl groups is 1. The normalized spacial score (nSPS) is 13.9. The number of phosphoric acid groups is 2. The average Bonchev–Trinajstić information content (AvgIpc) is 0.906. The molecule has 0 bridgehead atoms. The number of ether oxygens (including phenoxy) is 4. The fourth-order valence-electron chi connectivity index (χ4n) is 13.5. The first-order chi connectivity index (χ1) is 51.1. The van der Waals surface area contributed by atoms with Crippen LogP contribution in [0.3, 0.4) is 0 Å². The van der Waals surface area contributed by atoms with Crippen LogP contribution in [0.15, 0.2) is 0 Å². The molecule has 0 aromatic heterocycles. The number of rotatable bonds is 84. The Morgan fingerprint density at radius 1 is 0.236 bits per heavy atom. The molecule has 0 amide bonds. The summed E-state index contributed by atoms with van der Waals surface area (Å²) in [6, 6.07) is 0. The summed E-state index contributed by atoms with van der Waals surface area (Å²) in [5.41, 5.74) is 0. The standard InChI is InChI=1S/C87H170O17P2/c1-77(2)63-55-47-39-33-27-21-15-11-9-10-12-18-25-31-37-43-53-61-70-87(92)104-83(74-98-85(90)68-60-52-46-45-50-58-66-80(7)8)76-102-106(95,96)100-72-81(88)71-99-105(93,94)101-75-82(103-86(91)69-62-54-44-38-32-26-20-14-17-23-29-35-41-49-57-65-79(5)6)73-97-84(89)67-59-51-42-36-30-24-19-13-16-22-28-34-40-48-56-64-78(3)4/h77-83,88H,9-76H2,1-8H3,(H,93,94)(H,95,96)/t81?,82-,83-/m1/s1. The second kappa shape index (κ2) is 75.7. The van der Waals surface area contributed by atoms with Gasteiger partial charge in [-0.2, -0.15) is 0 Å². The van der Waals surface area contributed by atoms with Gasteiger partial charge in [0.15, 0.2) is 12.2 Å². The van der Waals surface area contributed by atoms with Crippen molar-refractivity contribution in [3.63, 3.8) is 0 Å². The Balaban J connectivity index is 5.20. The summed E-state index contributed by atoms with van der Waals surface area (Å²) in [6.07, 6.45) is 65.5. The Kier molecular flexibility index (Phi) is 74.3. The molecule has 17 nitrogen and oxygen atoms in total. The molecule has 0 saturated heterocycles. The van der Waals surface area contributed by atoms with Crippen molar-refractivity contribution in [3.8, 4) is 0 Å². The quantitative estimate of drug-likeness (QED) is 0.0222. The fourth-order valence-corrected chi connectivity index (χ4v) is 15.1. The van der Waals surface area contributed by atoms with E-state index < -0.39 is 97.5 Å². The molecule has 0 heterocycles. The second-order valence-corrected chi connectivity index (χ2v) is 36.1. The number of esters is 4. The van der Waals surface area contributed by atoms with Gasteiger partial charge >= 0.3 is 39.5 Å². The van der Waals surface area contributed by atoms with Gasteiger partial charge < -0.3 is 33.8 Å². The first kappa shape index (κ1) is 104. The van der Waals surface area contributed by atoms with E-state index in [1.54, 1.807) is 0 Å². The van der Waals surface area contributed by atoms with Crippen molar-refractivity contribution in [2.45, 2.75) is 472 Å². The smallest absolute Gasteiger partial charge is 0.462 e. The third-order valence-electron chi connectivity index (χ3n) is 20.3. The molecule has 0 rings (SSSR count). The predicted molar refractivity (Wildman–Crippen MR) is 437 cm³/mol. The Hall–Kier alpha value is -1.94. The Morgan fingerprint density at radius 3 is 0.585 bits per heavy atom. The van der Waals surface area contributed by atoms with Crippen molar-refractivity contribution in [1.82, 2.24) is 0 Å². The molecule has 3 N–H and O–H groups in total. The topological polar surface area (TPSA) is 237 Å². The largest absolute Gasteiger partial charge is 0.472 e. The lowest BCUT2D eigenvalue weighted by Crippen LogP contribution is -2.30. The van der Waals surface area contributed by atoms with Gasteiger partial charge in [-0.15, -0.1) is 0 Å². The molecule has 0 aliphatic rings. The molecule has 630 valence electrons. The van der Waals surface area contributed by atoms with Gasteiger partial charge in [-0.1, -0.05) is 402 Å². The van der Waals surface area contributed by atoms with E-state index in [9.17, 15) is 43.2 Å². The molecule has 0 aromatic rings. The second-order valence-electron chi connectivity index (χ2n) is 33.2. The van der Waals surface area contributed by atoms with Gasteiger partial charge in [0, 0.05) is 25.7 Å². The molecule has 3 unspecified atom stereocenters. The lowest BCUT2D eigenvalue weighted by molar-refractivity contribution is -0.161. The highest BCUT2D eigenvalue weighted by atomic mass is 31.2. The summed E-state index contributed by atoms with van der Waals surface area (Å²) in [6.45, 7) is 14.3. The average molecular weight is 1550 g/mol. The monoisotopic (exact) mass is 1550 g/mol. The van der Waals surface area contributed by atoms with Gasteiger partial charge in [0.1, 0.15) is 19.3 Å². The molecule has 5 atom stereocenters. The number of hydrogen-bond donors (Lipinski definition) is 3. The first-order valence-electron chi connectivity index (χ1n) is 44.7. The third-order valence-corrected chi connectivity index (χ3v) is 22.2. The van der Waals surface area contributed by atoms with Crippen LogP contribution in [-0.4, -0.2) is 96.7 Å². The highest BCUT2D eigenvalue weighted by molar-refractivity contribution is 7.47. The van der Waals surface area contributed by atoms with E-state index in [0.29, 0.717) is 31.6 Å². The van der Waals surface area contributed by atoms with E-state index in [-0.39, 0.29) is 25.7 Å². The summed E-state index contributed by atoms with van der Waals surface area (Å²) in [4.78, 5) is 73.2. The van der Waals surface area contributed by atoms with Crippen LogP contribution >= 0.6 is 15.6 Å². The zero-order valence-electron chi connectivity index (χ0n) is 70.1. The van der Waals surface area contributed by atoms with Crippen LogP contribution in [0.5, 0.6) is 0 Å². The molecule has 0 saturated carbocycles. The van der Waals surface area contributed by atoms with Crippen LogP contribution in [0, 0.1) is 23.7 Å².